The van der Waals surface area contributed by atoms with Gasteiger partial charge in [0.05, 0.1) is 11.7 Å². The minimum atomic E-state index is -0.243. The van der Waals surface area contributed by atoms with E-state index >= 15 is 0 Å². The van der Waals surface area contributed by atoms with Crippen molar-refractivity contribution in [2.75, 3.05) is 0 Å². The molecule has 0 saturated heterocycles. The second-order valence-corrected chi connectivity index (χ2v) is 6.44. The fourth-order valence-corrected chi connectivity index (χ4v) is 2.59. The number of halogens is 1. The average Bonchev–Trinajstić information content (AvgIpc) is 3.02. The second-order valence-electron chi connectivity index (χ2n) is 5.53. The summed E-state index contributed by atoms with van der Waals surface area (Å²) in [5.74, 6) is 0.660. The normalized spacial score (nSPS) is 12.1. The molecule has 124 valence electrons. The Balaban J connectivity index is 1.98. The van der Waals surface area contributed by atoms with Crippen LogP contribution in [0.1, 0.15) is 57.8 Å². The van der Waals surface area contributed by atoms with Crippen molar-refractivity contribution < 1.29 is 4.79 Å². The van der Waals surface area contributed by atoms with Gasteiger partial charge >= 0.3 is 0 Å². The van der Waals surface area contributed by atoms with Crippen LogP contribution in [0.25, 0.3) is 5.69 Å². The third-order valence-electron chi connectivity index (χ3n) is 3.59. The van der Waals surface area contributed by atoms with Crippen LogP contribution in [0.2, 0.25) is 0 Å². The van der Waals surface area contributed by atoms with Crippen LogP contribution in [0.3, 0.4) is 0 Å². The summed E-state index contributed by atoms with van der Waals surface area (Å²) in [4.78, 5) is 12.0. The zero-order valence-corrected chi connectivity index (χ0v) is 15.1. The van der Waals surface area contributed by atoms with Gasteiger partial charge in [-0.2, -0.15) is 4.68 Å². The average molecular weight is 380 g/mol. The Labute approximate surface area is 144 Å². The molecule has 23 heavy (non-hydrogen) atoms. The molecule has 0 bridgehead atoms. The van der Waals surface area contributed by atoms with E-state index in [4.69, 9.17) is 0 Å². The molecule has 1 aromatic carbocycles. The van der Waals surface area contributed by atoms with Crippen molar-refractivity contribution in [3.8, 4) is 5.69 Å². The fraction of sp³-hybridized carbons (Fsp3) is 0.500. The Morgan fingerprint density at radius 3 is 2.70 bits per heavy atom. The first-order chi connectivity index (χ1) is 11.1. The van der Waals surface area contributed by atoms with Crippen molar-refractivity contribution in [2.45, 2.75) is 52.0 Å². The van der Waals surface area contributed by atoms with E-state index < -0.39 is 0 Å². The lowest BCUT2D eigenvalue weighted by molar-refractivity contribution is -0.121. The summed E-state index contributed by atoms with van der Waals surface area (Å²) < 4.78 is 2.64. The summed E-state index contributed by atoms with van der Waals surface area (Å²) in [7, 11) is 0. The monoisotopic (exact) mass is 379 g/mol. The summed E-state index contributed by atoms with van der Waals surface area (Å²) in [5, 5.41) is 14.8. The van der Waals surface area contributed by atoms with Gasteiger partial charge < -0.3 is 5.32 Å². The third kappa shape index (κ3) is 5.13. The number of hydrogen-bond donors (Lipinski definition) is 1. The van der Waals surface area contributed by atoms with Crippen molar-refractivity contribution in [2.24, 2.45) is 0 Å². The van der Waals surface area contributed by atoms with Crippen molar-refractivity contribution in [1.82, 2.24) is 25.5 Å². The highest BCUT2D eigenvalue weighted by molar-refractivity contribution is 9.10. The smallest absolute Gasteiger partial charge is 0.220 e. The molecule has 2 rings (SSSR count). The maximum absolute atomic E-state index is 12.0. The molecular weight excluding hydrogens is 358 g/mol. The number of rotatable bonds is 8. The van der Waals surface area contributed by atoms with E-state index in [0.717, 1.165) is 23.0 Å². The van der Waals surface area contributed by atoms with Crippen LogP contribution < -0.4 is 5.32 Å². The molecular formula is C16H22BrN5O. The van der Waals surface area contributed by atoms with E-state index in [1.165, 1.54) is 12.8 Å². The van der Waals surface area contributed by atoms with Crippen LogP contribution in [0.5, 0.6) is 0 Å². The van der Waals surface area contributed by atoms with Crippen LogP contribution in [0.15, 0.2) is 28.7 Å². The molecule has 0 aliphatic rings. The fourth-order valence-electron chi connectivity index (χ4n) is 2.32. The molecule has 1 heterocycles. The zero-order chi connectivity index (χ0) is 16.7. The molecule has 0 fully saturated rings. The molecule has 1 aromatic heterocycles. The molecule has 0 radical (unpaired) electrons. The Kier molecular flexibility index (Phi) is 6.70. The van der Waals surface area contributed by atoms with E-state index in [2.05, 4.69) is 43.7 Å². The number of aromatic nitrogens is 4. The predicted molar refractivity (Wildman–Crippen MR) is 92.2 cm³/mol. The van der Waals surface area contributed by atoms with Gasteiger partial charge in [-0.3, -0.25) is 4.79 Å². The minimum Gasteiger partial charge on any atom is -0.346 e. The second kappa shape index (κ2) is 8.76. The molecule has 7 heteroatoms. The largest absolute Gasteiger partial charge is 0.346 e. The first-order valence-corrected chi connectivity index (χ1v) is 8.74. The van der Waals surface area contributed by atoms with Gasteiger partial charge in [-0.25, -0.2) is 0 Å². The maximum atomic E-state index is 12.0. The van der Waals surface area contributed by atoms with Crippen LogP contribution in [-0.2, 0) is 4.79 Å². The number of hydrogen-bond acceptors (Lipinski definition) is 4. The molecule has 0 saturated carbocycles. The van der Waals surface area contributed by atoms with Gasteiger partial charge in [0.25, 0.3) is 0 Å². The van der Waals surface area contributed by atoms with Crippen molar-refractivity contribution in [1.29, 1.82) is 0 Å². The first kappa shape index (κ1) is 17.6. The number of amides is 1. The van der Waals surface area contributed by atoms with E-state index in [1.54, 1.807) is 4.68 Å². The highest BCUT2D eigenvalue weighted by atomic mass is 79.9. The van der Waals surface area contributed by atoms with Gasteiger partial charge in [0.2, 0.25) is 5.91 Å². The summed E-state index contributed by atoms with van der Waals surface area (Å²) >= 11 is 3.41. The number of tetrazole rings is 1. The number of nitrogens with one attached hydrogen (secondary N) is 1. The lowest BCUT2D eigenvalue weighted by atomic mass is 10.1. The van der Waals surface area contributed by atoms with Gasteiger partial charge in [-0.15, -0.1) is 5.10 Å². The Morgan fingerprint density at radius 2 is 2.00 bits per heavy atom. The number of carbonyl (C=O) groups is 1. The number of unbranched alkanes of at least 4 members (excludes halogenated alkanes) is 3. The van der Waals surface area contributed by atoms with Gasteiger partial charge in [0.15, 0.2) is 5.82 Å². The Bertz CT molecular complexity index is 626. The van der Waals surface area contributed by atoms with Crippen LogP contribution in [-0.4, -0.2) is 26.1 Å². The molecule has 0 spiro atoms. The van der Waals surface area contributed by atoms with E-state index in [-0.39, 0.29) is 11.9 Å². The highest BCUT2D eigenvalue weighted by Gasteiger charge is 2.17. The van der Waals surface area contributed by atoms with Crippen LogP contribution in [0, 0.1) is 0 Å². The van der Waals surface area contributed by atoms with E-state index in [9.17, 15) is 4.79 Å². The number of benzene rings is 1. The molecule has 2 aromatic rings. The summed E-state index contributed by atoms with van der Waals surface area (Å²) in [6.45, 7) is 4.05. The first-order valence-electron chi connectivity index (χ1n) is 7.95. The molecule has 6 nitrogen and oxygen atoms in total. The summed E-state index contributed by atoms with van der Waals surface area (Å²) in [6, 6.07) is 7.45. The number of carbonyl (C=O) groups excluding carboxylic acids is 1. The standard InChI is InChI=1S/C16H22BrN5O/c1-3-4-5-6-7-15(23)18-12(2)16-19-20-21-22(16)14-10-8-13(17)9-11-14/h8-12H,3-7H2,1-2H3,(H,18,23). The molecule has 1 unspecified atom stereocenters. The molecule has 0 aliphatic carbocycles. The zero-order valence-electron chi connectivity index (χ0n) is 13.5. The summed E-state index contributed by atoms with van der Waals surface area (Å²) in [6.07, 6.45) is 4.90. The highest BCUT2D eigenvalue weighted by Crippen LogP contribution is 2.17. The van der Waals surface area contributed by atoms with Gasteiger partial charge in [-0.05, 0) is 48.0 Å². The van der Waals surface area contributed by atoms with Crippen molar-refractivity contribution >= 4 is 21.8 Å². The van der Waals surface area contributed by atoms with Crippen molar-refractivity contribution in [3.63, 3.8) is 0 Å². The maximum Gasteiger partial charge on any atom is 0.220 e. The predicted octanol–water partition coefficient (Wildman–Crippen LogP) is 3.57. The Morgan fingerprint density at radius 1 is 1.26 bits per heavy atom. The van der Waals surface area contributed by atoms with Crippen molar-refractivity contribution in [3.05, 3.63) is 34.6 Å². The number of nitrogens with zero attached hydrogens (tertiary/aromatic N) is 4. The molecule has 0 aliphatic heterocycles. The Hall–Kier alpha value is -1.76. The lowest BCUT2D eigenvalue weighted by Gasteiger charge is -2.13. The summed E-state index contributed by atoms with van der Waals surface area (Å²) in [5.41, 5.74) is 0.859. The van der Waals surface area contributed by atoms with Gasteiger partial charge in [0.1, 0.15) is 0 Å². The van der Waals surface area contributed by atoms with Crippen LogP contribution >= 0.6 is 15.9 Å². The topological polar surface area (TPSA) is 72.7 Å². The van der Waals surface area contributed by atoms with E-state index in [1.807, 2.05) is 31.2 Å². The molecule has 1 N–H and O–H groups in total. The van der Waals surface area contributed by atoms with Gasteiger partial charge in [0, 0.05) is 10.9 Å². The van der Waals surface area contributed by atoms with Crippen LogP contribution in [0.4, 0.5) is 0 Å². The minimum absolute atomic E-state index is 0.0407. The van der Waals surface area contributed by atoms with E-state index in [0.29, 0.717) is 12.2 Å². The quantitative estimate of drug-likeness (QED) is 0.711. The SMILES string of the molecule is CCCCCCC(=O)NC(C)c1nnnn1-c1ccc(Br)cc1. The molecule has 1 amide bonds. The van der Waals surface area contributed by atoms with Gasteiger partial charge in [-0.1, -0.05) is 42.1 Å². The third-order valence-corrected chi connectivity index (χ3v) is 4.12. The molecule has 1 atom stereocenters. The lowest BCUT2D eigenvalue weighted by Crippen LogP contribution is -2.28.